The molecule has 0 saturated heterocycles. The number of fused-ring (bicyclic) bond motifs is 1. The first-order valence-electron chi connectivity index (χ1n) is 9.46. The first-order chi connectivity index (χ1) is 15.4. The molecule has 0 radical (unpaired) electrons. The lowest BCUT2D eigenvalue weighted by atomic mass is 10.1. The number of nitrogens with two attached hydrogens (primary N) is 2. The number of primary amides is 2. The summed E-state index contributed by atoms with van der Waals surface area (Å²) >= 11 is 1.20. The molecule has 0 aliphatic carbocycles. The molecule has 2 aromatic carbocycles. The summed E-state index contributed by atoms with van der Waals surface area (Å²) in [5.74, 6) is 0.394. The zero-order valence-corrected chi connectivity index (χ0v) is 18.1. The van der Waals surface area contributed by atoms with Crippen LogP contribution >= 0.6 is 11.3 Å². The molecule has 2 aromatic heterocycles. The van der Waals surface area contributed by atoms with Crippen LogP contribution in [0.5, 0.6) is 17.2 Å². The van der Waals surface area contributed by atoms with Gasteiger partial charge in [-0.25, -0.2) is 4.98 Å². The fourth-order valence-electron chi connectivity index (χ4n) is 3.20. The number of carbonyl (C=O) groups excluding carboxylic acids is 2. The Morgan fingerprint density at radius 1 is 0.969 bits per heavy atom. The van der Waals surface area contributed by atoms with Crippen LogP contribution in [0.4, 0.5) is 0 Å². The van der Waals surface area contributed by atoms with Crippen molar-refractivity contribution in [1.82, 2.24) is 9.55 Å². The van der Waals surface area contributed by atoms with Crippen LogP contribution in [0.1, 0.15) is 25.6 Å². The summed E-state index contributed by atoms with van der Waals surface area (Å²) in [6.07, 6.45) is 1.65. The van der Waals surface area contributed by atoms with E-state index in [2.05, 4.69) is 4.98 Å². The smallest absolute Gasteiger partial charge is 0.262 e. The van der Waals surface area contributed by atoms with Gasteiger partial charge in [0.05, 0.1) is 25.3 Å². The van der Waals surface area contributed by atoms with Gasteiger partial charge in [0.25, 0.3) is 5.91 Å². The molecule has 0 atom stereocenters. The number of hydrogen-bond donors (Lipinski definition) is 2. The maximum Gasteiger partial charge on any atom is 0.262 e. The van der Waals surface area contributed by atoms with E-state index in [1.807, 2.05) is 10.6 Å². The van der Waals surface area contributed by atoms with Gasteiger partial charge in [-0.3, -0.25) is 14.2 Å². The van der Waals surface area contributed by atoms with E-state index in [0.29, 0.717) is 33.3 Å². The minimum Gasteiger partial charge on any atom is -0.493 e. The van der Waals surface area contributed by atoms with Crippen molar-refractivity contribution in [3.8, 4) is 22.2 Å². The molecule has 4 aromatic rings. The minimum absolute atomic E-state index is 0.186. The Morgan fingerprint density at radius 3 is 2.28 bits per heavy atom. The maximum absolute atomic E-state index is 12.0. The Morgan fingerprint density at radius 2 is 1.66 bits per heavy atom. The van der Waals surface area contributed by atoms with Crippen LogP contribution in [0.3, 0.4) is 0 Å². The summed E-state index contributed by atoms with van der Waals surface area (Å²) in [6.45, 7) is 0.186. The molecular formula is C22H20N4O5S. The van der Waals surface area contributed by atoms with Crippen molar-refractivity contribution in [2.75, 3.05) is 14.2 Å². The number of ether oxygens (including phenoxy) is 3. The SMILES string of the molecule is COc1cc2ncn(-c3cc(OCc4ccc(C(N)=O)cc4)c(C(N)=O)s3)c2cc1OC. The van der Waals surface area contributed by atoms with Crippen LogP contribution in [0.25, 0.3) is 16.0 Å². The lowest BCUT2D eigenvalue weighted by molar-refractivity contribution is 0.0991. The van der Waals surface area contributed by atoms with Crippen molar-refractivity contribution in [2.24, 2.45) is 11.5 Å². The molecule has 4 N–H and O–H groups in total. The van der Waals surface area contributed by atoms with Crippen molar-refractivity contribution in [3.63, 3.8) is 0 Å². The molecule has 0 saturated carbocycles. The predicted molar refractivity (Wildman–Crippen MR) is 120 cm³/mol. The van der Waals surface area contributed by atoms with E-state index in [4.69, 9.17) is 25.7 Å². The van der Waals surface area contributed by atoms with Gasteiger partial charge in [-0.05, 0) is 17.7 Å². The number of rotatable bonds is 8. The monoisotopic (exact) mass is 452 g/mol. The molecule has 2 heterocycles. The molecule has 164 valence electrons. The Bertz CT molecular complexity index is 1310. The number of nitrogens with zero attached hydrogens (tertiary/aromatic N) is 2. The van der Waals surface area contributed by atoms with Crippen molar-refractivity contribution >= 4 is 34.2 Å². The second-order valence-electron chi connectivity index (χ2n) is 6.80. The molecule has 0 aliphatic rings. The quantitative estimate of drug-likeness (QED) is 0.423. The number of carbonyl (C=O) groups is 2. The van der Waals surface area contributed by atoms with Crippen LogP contribution in [-0.2, 0) is 6.61 Å². The van der Waals surface area contributed by atoms with Gasteiger partial charge in [0.2, 0.25) is 5.91 Å². The number of methoxy groups -OCH3 is 2. The van der Waals surface area contributed by atoms with Crippen molar-refractivity contribution in [3.05, 3.63) is 64.8 Å². The standard InChI is InChI=1S/C22H20N4O5S/c1-29-16-7-14-15(8-17(16)30-2)26(11-25-14)19-9-18(20(32-19)22(24)28)31-10-12-3-5-13(6-4-12)21(23)27/h3-9,11H,10H2,1-2H3,(H2,23,27)(H2,24,28). The highest BCUT2D eigenvalue weighted by Gasteiger charge is 2.19. The molecule has 0 unspecified atom stereocenters. The topological polar surface area (TPSA) is 132 Å². The average molecular weight is 452 g/mol. The summed E-state index contributed by atoms with van der Waals surface area (Å²) in [5, 5.41) is 0.701. The fraction of sp³-hybridized carbons (Fsp3) is 0.136. The Labute approximate surface area is 187 Å². The number of thiophene rings is 1. The van der Waals surface area contributed by atoms with Gasteiger partial charge in [0.15, 0.2) is 11.5 Å². The molecule has 32 heavy (non-hydrogen) atoms. The number of benzene rings is 2. The van der Waals surface area contributed by atoms with Crippen molar-refractivity contribution in [2.45, 2.75) is 6.61 Å². The van der Waals surface area contributed by atoms with E-state index in [9.17, 15) is 9.59 Å². The molecule has 2 amide bonds. The number of hydrogen-bond acceptors (Lipinski definition) is 7. The third-order valence-electron chi connectivity index (χ3n) is 4.83. The average Bonchev–Trinajstić information content (AvgIpc) is 3.40. The van der Waals surface area contributed by atoms with Gasteiger partial charge < -0.3 is 25.7 Å². The molecule has 0 aliphatic heterocycles. The minimum atomic E-state index is -0.594. The van der Waals surface area contributed by atoms with Crippen LogP contribution in [-0.4, -0.2) is 35.6 Å². The van der Waals surface area contributed by atoms with E-state index in [0.717, 1.165) is 11.1 Å². The highest BCUT2D eigenvalue weighted by Crippen LogP contribution is 2.37. The summed E-state index contributed by atoms with van der Waals surface area (Å²) in [6, 6.07) is 12.0. The summed E-state index contributed by atoms with van der Waals surface area (Å²) in [7, 11) is 3.12. The number of aromatic nitrogens is 2. The molecule has 9 nitrogen and oxygen atoms in total. The highest BCUT2D eigenvalue weighted by atomic mass is 32.1. The molecule has 0 spiro atoms. The zero-order valence-electron chi connectivity index (χ0n) is 17.3. The Kier molecular flexibility index (Phi) is 5.69. The van der Waals surface area contributed by atoms with Gasteiger partial charge in [-0.2, -0.15) is 0 Å². The zero-order chi connectivity index (χ0) is 22.8. The second-order valence-corrected chi connectivity index (χ2v) is 7.83. The first-order valence-corrected chi connectivity index (χ1v) is 10.3. The van der Waals surface area contributed by atoms with Gasteiger partial charge in [-0.15, -0.1) is 11.3 Å². The second kappa shape index (κ2) is 8.60. The lowest BCUT2D eigenvalue weighted by Crippen LogP contribution is -2.11. The van der Waals surface area contributed by atoms with E-state index in [1.54, 1.807) is 56.9 Å². The Balaban J connectivity index is 1.66. The van der Waals surface area contributed by atoms with Crippen LogP contribution in [0, 0.1) is 0 Å². The van der Waals surface area contributed by atoms with Gasteiger partial charge in [-0.1, -0.05) is 12.1 Å². The Hall–Kier alpha value is -4.05. The summed E-state index contributed by atoms with van der Waals surface area (Å²) in [5.41, 5.74) is 13.5. The predicted octanol–water partition coefficient (Wildman–Crippen LogP) is 2.88. The highest BCUT2D eigenvalue weighted by molar-refractivity contribution is 7.16. The van der Waals surface area contributed by atoms with Crippen LogP contribution < -0.4 is 25.7 Å². The molecular weight excluding hydrogens is 432 g/mol. The summed E-state index contributed by atoms with van der Waals surface area (Å²) < 4.78 is 18.4. The maximum atomic E-state index is 12.0. The van der Waals surface area contributed by atoms with E-state index >= 15 is 0 Å². The van der Waals surface area contributed by atoms with Crippen molar-refractivity contribution in [1.29, 1.82) is 0 Å². The van der Waals surface area contributed by atoms with E-state index in [1.165, 1.54) is 11.3 Å². The first kappa shape index (κ1) is 21.2. The van der Waals surface area contributed by atoms with Crippen LogP contribution in [0.2, 0.25) is 0 Å². The molecule has 4 rings (SSSR count). The third-order valence-corrected chi connectivity index (χ3v) is 5.96. The summed E-state index contributed by atoms with van der Waals surface area (Å²) in [4.78, 5) is 27.9. The molecule has 0 fully saturated rings. The van der Waals surface area contributed by atoms with Gasteiger partial charge in [0, 0.05) is 23.8 Å². The number of imidazole rings is 1. The number of amides is 2. The fourth-order valence-corrected chi connectivity index (χ4v) is 4.14. The largest absolute Gasteiger partial charge is 0.493 e. The molecule has 0 bridgehead atoms. The van der Waals surface area contributed by atoms with Crippen LogP contribution in [0.15, 0.2) is 48.8 Å². The van der Waals surface area contributed by atoms with Gasteiger partial charge >= 0.3 is 0 Å². The lowest BCUT2D eigenvalue weighted by Gasteiger charge is -2.08. The van der Waals surface area contributed by atoms with E-state index in [-0.39, 0.29) is 11.5 Å². The molecule has 10 heteroatoms. The van der Waals surface area contributed by atoms with E-state index < -0.39 is 11.8 Å². The van der Waals surface area contributed by atoms with Gasteiger partial charge in [0.1, 0.15) is 28.6 Å². The van der Waals surface area contributed by atoms with Crippen molar-refractivity contribution < 1.29 is 23.8 Å². The third kappa shape index (κ3) is 3.95. The normalized spacial score (nSPS) is 10.8.